The van der Waals surface area contributed by atoms with E-state index in [-0.39, 0.29) is 54.0 Å². The Morgan fingerprint density at radius 1 is 0.882 bits per heavy atom. The minimum Gasteiger partial charge on any atom is -0.458 e. The number of carbonyl (C=O) groups excluding carboxylic acids is 2. The highest BCUT2D eigenvalue weighted by Crippen LogP contribution is 2.43. The van der Waals surface area contributed by atoms with Gasteiger partial charge in [-0.1, -0.05) is 126 Å². The number of nitrogens with zero attached hydrogens (tertiary/aromatic N) is 1. The van der Waals surface area contributed by atoms with Crippen LogP contribution in [-0.4, -0.2) is 91.4 Å². The fraction of sp³-hybridized carbons (Fsp3) is 0.545. The Hall–Kier alpha value is -4.63. The highest BCUT2D eigenvalue weighted by molar-refractivity contribution is 6.99. The number of carbonyl (C=O) groups is 2. The van der Waals surface area contributed by atoms with Gasteiger partial charge in [0.25, 0.3) is 8.32 Å². The van der Waals surface area contributed by atoms with Crippen LogP contribution in [0.1, 0.15) is 125 Å². The van der Waals surface area contributed by atoms with Crippen LogP contribution >= 0.6 is 0 Å². The van der Waals surface area contributed by atoms with Crippen LogP contribution in [0, 0.1) is 11.8 Å². The van der Waals surface area contributed by atoms with Crippen LogP contribution in [0.2, 0.25) is 5.04 Å². The maximum Gasteiger partial charge on any atom is 0.408 e. The van der Waals surface area contributed by atoms with E-state index in [1.165, 1.54) is 16.4 Å². The molecule has 4 aliphatic rings. The maximum absolute atomic E-state index is 13.6. The van der Waals surface area contributed by atoms with Crippen LogP contribution in [0.15, 0.2) is 113 Å². The van der Waals surface area contributed by atoms with Gasteiger partial charge in [-0.25, -0.2) is 14.6 Å². The van der Waals surface area contributed by atoms with E-state index in [2.05, 4.69) is 93.3 Å². The molecular weight excluding hydrogens is 877 g/mol. The average Bonchev–Trinajstić information content (AvgIpc) is 3.75. The Bertz CT molecular complexity index is 2220. The van der Waals surface area contributed by atoms with Gasteiger partial charge < -0.3 is 43.0 Å². The van der Waals surface area contributed by atoms with Crippen molar-refractivity contribution in [1.82, 2.24) is 10.3 Å². The first kappa shape index (κ1) is 51.2. The largest absolute Gasteiger partial charge is 0.458 e. The normalized spacial score (nSPS) is 30.2. The summed E-state index contributed by atoms with van der Waals surface area (Å²) >= 11 is 0. The summed E-state index contributed by atoms with van der Waals surface area (Å²) in [7, 11) is -2.92. The molecule has 1 amide bonds. The topological polar surface area (TPSA) is 148 Å². The summed E-state index contributed by atoms with van der Waals surface area (Å²) in [5, 5.41) is 15.2. The van der Waals surface area contributed by atoms with Gasteiger partial charge in [-0.2, -0.15) is 0 Å². The first-order chi connectivity index (χ1) is 32.3. The van der Waals surface area contributed by atoms with Crippen molar-refractivity contribution in [3.63, 3.8) is 0 Å². The number of nitrogens with one attached hydrogen (secondary N) is 1. The van der Waals surface area contributed by atoms with Crippen molar-refractivity contribution < 1.29 is 47.2 Å². The molecule has 8 bridgehead atoms. The van der Waals surface area contributed by atoms with Crippen molar-refractivity contribution >= 4 is 36.8 Å². The van der Waals surface area contributed by atoms with Crippen LogP contribution in [0.3, 0.4) is 0 Å². The number of oxazole rings is 1. The summed E-state index contributed by atoms with van der Waals surface area (Å²) in [6.45, 7) is 22.3. The summed E-state index contributed by atoms with van der Waals surface area (Å²) in [4.78, 5) is 31.3. The number of rotatable bonds is 8. The van der Waals surface area contributed by atoms with Gasteiger partial charge in [0.2, 0.25) is 5.89 Å². The second-order valence-electron chi connectivity index (χ2n) is 21.3. The maximum atomic E-state index is 13.6. The Kier molecular flexibility index (Phi) is 16.6. The number of alkyl carbamates (subject to hydrolysis) is 1. The number of aliphatic hydroxyl groups is 1. The number of hydrogen-bond acceptors (Lipinski definition) is 11. The summed E-state index contributed by atoms with van der Waals surface area (Å²) in [5.41, 5.74) is 1.89. The summed E-state index contributed by atoms with van der Waals surface area (Å²) in [6, 6.07) is 20.7. The van der Waals surface area contributed by atoms with E-state index in [1.54, 1.807) is 33.1 Å². The van der Waals surface area contributed by atoms with E-state index >= 15 is 0 Å². The SMILES string of the molecule is C=C1C[C@@H]2C[C@@H]3C[C@@H](O[Si](c4ccccc4)(c4ccccc4)C(C)(C)C)C[C@@H](O3)c3coc(n3)/C=C/C[C@H]3O[C@@H](/C(C)=C/[C@H](CO)NC(=O)OC(C)(C)C)[C@H](C)[C@@H](OC(=O)/C=C/C[C@@H](C1)O2)[C@H]3C. The molecule has 2 N–H and O–H groups in total. The van der Waals surface area contributed by atoms with E-state index in [9.17, 15) is 14.7 Å². The number of esters is 1. The molecule has 0 saturated carbocycles. The van der Waals surface area contributed by atoms with Gasteiger partial charge in [0.05, 0.1) is 49.3 Å². The summed E-state index contributed by atoms with van der Waals surface area (Å²) in [6.07, 6.45) is 11.9. The second-order valence-corrected chi connectivity index (χ2v) is 25.6. The number of fused-ring (bicyclic) bond motifs is 9. The van der Waals surface area contributed by atoms with E-state index in [0.29, 0.717) is 50.1 Å². The van der Waals surface area contributed by atoms with Crippen LogP contribution in [0.4, 0.5) is 4.79 Å². The van der Waals surface area contributed by atoms with Crippen molar-refractivity contribution in [2.45, 2.75) is 173 Å². The molecule has 368 valence electrons. The lowest BCUT2D eigenvalue weighted by Crippen LogP contribution is -2.68. The molecule has 7 rings (SSSR count). The molecule has 3 aromatic rings. The molecule has 68 heavy (non-hydrogen) atoms. The van der Waals surface area contributed by atoms with E-state index in [1.807, 2.05) is 39.0 Å². The molecule has 0 unspecified atom stereocenters. The van der Waals surface area contributed by atoms with Gasteiger partial charge in [-0.05, 0) is 86.9 Å². The lowest BCUT2D eigenvalue weighted by molar-refractivity contribution is -0.180. The summed E-state index contributed by atoms with van der Waals surface area (Å²) in [5.74, 6) is -0.453. The van der Waals surface area contributed by atoms with Crippen molar-refractivity contribution in [2.24, 2.45) is 11.8 Å². The average molecular weight is 951 g/mol. The lowest BCUT2D eigenvalue weighted by atomic mass is 9.79. The number of amides is 1. The van der Waals surface area contributed by atoms with Gasteiger partial charge in [-0.15, -0.1) is 0 Å². The third-order valence-electron chi connectivity index (χ3n) is 13.7. The zero-order chi connectivity index (χ0) is 48.8. The molecule has 4 aliphatic heterocycles. The van der Waals surface area contributed by atoms with Gasteiger partial charge in [0.15, 0.2) is 0 Å². The Morgan fingerprint density at radius 3 is 2.19 bits per heavy atom. The zero-order valence-corrected chi connectivity index (χ0v) is 42.5. The van der Waals surface area contributed by atoms with Crippen molar-refractivity contribution in [3.05, 3.63) is 121 Å². The van der Waals surface area contributed by atoms with E-state index < -0.39 is 50.3 Å². The van der Waals surface area contributed by atoms with E-state index in [0.717, 1.165) is 17.6 Å². The molecule has 11 atom stereocenters. The smallest absolute Gasteiger partial charge is 0.408 e. The monoisotopic (exact) mass is 951 g/mol. The predicted octanol–water partition coefficient (Wildman–Crippen LogP) is 9.48. The third-order valence-corrected chi connectivity index (χ3v) is 18.8. The molecule has 13 heteroatoms. The molecule has 5 heterocycles. The third kappa shape index (κ3) is 12.6. The Labute approximate surface area is 404 Å². The highest BCUT2D eigenvalue weighted by atomic mass is 28.4. The van der Waals surface area contributed by atoms with Crippen LogP contribution in [-0.2, 0) is 32.9 Å². The molecule has 0 radical (unpaired) electrons. The van der Waals surface area contributed by atoms with Crippen LogP contribution < -0.4 is 15.7 Å². The van der Waals surface area contributed by atoms with E-state index in [4.69, 9.17) is 37.5 Å². The fourth-order valence-electron chi connectivity index (χ4n) is 10.7. The number of ether oxygens (including phenoxy) is 5. The molecule has 12 nitrogen and oxygen atoms in total. The molecule has 0 aliphatic carbocycles. The fourth-order valence-corrected chi connectivity index (χ4v) is 15.4. The van der Waals surface area contributed by atoms with Crippen molar-refractivity contribution in [1.29, 1.82) is 0 Å². The molecule has 3 saturated heterocycles. The van der Waals surface area contributed by atoms with Crippen molar-refractivity contribution in [2.75, 3.05) is 6.61 Å². The second kappa shape index (κ2) is 22.0. The zero-order valence-electron chi connectivity index (χ0n) is 41.5. The highest BCUT2D eigenvalue weighted by Gasteiger charge is 2.53. The molecule has 3 fully saturated rings. The molecular formula is C55H74N2O10Si. The standard InChI is InChI=1S/C55H74N2O10Si/c1-35-27-40-19-17-26-50(59)65-52-37(3)47(64-51(38(52)4)36(2)29-39(33-58)56-53(60)66-54(5,6)7)24-18-25-49-57-46(34-61-49)48-32-43(31-42(63-48)30-41(28-35)62-40)67-68(55(8,9)10,44-20-13-11-14-21-44)45-22-15-12-16-23-45/h11-18,20-23,25-26,29,34,37-43,47-48,51-52,58H,1,19,24,27-28,30-33H2,2-10H3,(H,56,60)/b25-18+,26-17+,36-29+/t37-,38-,39+,40-,41+,42+,43+,47+,48+,51-,52-/m0/s1. The number of aliphatic hydroxyl groups excluding tert-OH is 1. The molecule has 0 spiro atoms. The van der Waals surface area contributed by atoms with Gasteiger partial charge >= 0.3 is 12.1 Å². The quantitative estimate of drug-likeness (QED) is 0.126. The van der Waals surface area contributed by atoms with Gasteiger partial charge in [0, 0.05) is 30.8 Å². The van der Waals surface area contributed by atoms with Gasteiger partial charge in [0.1, 0.15) is 29.8 Å². The first-order valence-corrected chi connectivity index (χ1v) is 26.4. The van der Waals surface area contributed by atoms with Gasteiger partial charge in [-0.3, -0.25) is 0 Å². The molecule has 2 aromatic carbocycles. The number of benzene rings is 2. The molecule has 1 aromatic heterocycles. The summed E-state index contributed by atoms with van der Waals surface area (Å²) < 4.78 is 46.2. The van der Waals surface area contributed by atoms with Crippen LogP contribution in [0.25, 0.3) is 6.08 Å². The predicted molar refractivity (Wildman–Crippen MR) is 266 cm³/mol. The minimum absolute atomic E-state index is 0.136. The van der Waals surface area contributed by atoms with Crippen LogP contribution in [0.5, 0.6) is 0 Å². The lowest BCUT2D eigenvalue weighted by Gasteiger charge is -2.47. The minimum atomic E-state index is -2.92. The number of hydrogen-bond donors (Lipinski definition) is 2. The number of aromatic nitrogens is 1. The Morgan fingerprint density at radius 2 is 1.54 bits per heavy atom. The Balaban J connectivity index is 1.20. The van der Waals surface area contributed by atoms with Crippen molar-refractivity contribution in [3.8, 4) is 0 Å². The first-order valence-electron chi connectivity index (χ1n) is 24.5.